The van der Waals surface area contributed by atoms with Crippen LogP contribution in [0.15, 0.2) is 47.4 Å². The number of carboxylic acid groups (broad SMARTS) is 1. The van der Waals surface area contributed by atoms with Crippen molar-refractivity contribution in [2.45, 2.75) is 13.5 Å². The number of carbonyl (C=O) groups is 2. The van der Waals surface area contributed by atoms with Crippen molar-refractivity contribution < 1.29 is 14.7 Å². The Kier molecular flexibility index (Phi) is 4.18. The molecule has 1 aromatic heterocycles. The highest BCUT2D eigenvalue weighted by Crippen LogP contribution is 2.09. The highest BCUT2D eigenvalue weighted by Gasteiger charge is 2.09. The van der Waals surface area contributed by atoms with Gasteiger partial charge in [0.2, 0.25) is 5.91 Å². The van der Waals surface area contributed by atoms with Gasteiger partial charge in [-0.2, -0.15) is 0 Å². The van der Waals surface area contributed by atoms with Crippen molar-refractivity contribution in [2.75, 3.05) is 5.32 Å². The Morgan fingerprint density at radius 3 is 2.67 bits per heavy atom. The number of nitrogens with zero attached hydrogens (tertiary/aromatic N) is 1. The zero-order chi connectivity index (χ0) is 15.4. The van der Waals surface area contributed by atoms with E-state index in [9.17, 15) is 14.4 Å². The van der Waals surface area contributed by atoms with Crippen molar-refractivity contribution in [3.05, 3.63) is 64.1 Å². The van der Waals surface area contributed by atoms with Crippen LogP contribution in [0.1, 0.15) is 15.9 Å². The van der Waals surface area contributed by atoms with Gasteiger partial charge in [-0.3, -0.25) is 9.59 Å². The number of aryl methyl sites for hydroxylation is 1. The van der Waals surface area contributed by atoms with Crippen LogP contribution < -0.4 is 10.9 Å². The third kappa shape index (κ3) is 3.79. The molecule has 1 aromatic carbocycles. The minimum Gasteiger partial charge on any atom is -0.478 e. The van der Waals surface area contributed by atoms with Crippen LogP contribution in [0.5, 0.6) is 0 Å². The minimum atomic E-state index is -1.15. The van der Waals surface area contributed by atoms with Crippen molar-refractivity contribution >= 4 is 17.6 Å². The molecule has 21 heavy (non-hydrogen) atoms. The van der Waals surface area contributed by atoms with Gasteiger partial charge >= 0.3 is 5.97 Å². The fourth-order valence-electron chi connectivity index (χ4n) is 1.86. The molecule has 0 atom stereocenters. The predicted octanol–water partition coefficient (Wildman–Crippen LogP) is 1.49. The van der Waals surface area contributed by atoms with Crippen LogP contribution in [0.3, 0.4) is 0 Å². The molecule has 6 heteroatoms. The monoisotopic (exact) mass is 286 g/mol. The highest BCUT2D eigenvalue weighted by molar-refractivity contribution is 5.91. The van der Waals surface area contributed by atoms with Gasteiger partial charge in [-0.1, -0.05) is 12.1 Å². The van der Waals surface area contributed by atoms with Crippen LogP contribution in [0, 0.1) is 6.92 Å². The molecule has 1 amide bonds. The summed E-state index contributed by atoms with van der Waals surface area (Å²) in [6, 6.07) is 9.58. The molecule has 6 nitrogen and oxygen atoms in total. The van der Waals surface area contributed by atoms with Gasteiger partial charge in [0.1, 0.15) is 6.54 Å². The van der Waals surface area contributed by atoms with E-state index in [2.05, 4.69) is 5.32 Å². The molecule has 0 spiro atoms. The Balaban J connectivity index is 2.14. The van der Waals surface area contributed by atoms with Gasteiger partial charge in [0.25, 0.3) is 5.56 Å². The summed E-state index contributed by atoms with van der Waals surface area (Å²) in [5, 5.41) is 11.5. The fraction of sp³-hybridized carbons (Fsp3) is 0.133. The number of amides is 1. The van der Waals surface area contributed by atoms with Crippen LogP contribution in [-0.4, -0.2) is 21.6 Å². The van der Waals surface area contributed by atoms with E-state index in [-0.39, 0.29) is 12.1 Å². The summed E-state index contributed by atoms with van der Waals surface area (Å²) in [5.41, 5.74) is 1.15. The van der Waals surface area contributed by atoms with Crippen LogP contribution in [0.4, 0.5) is 5.69 Å². The average Bonchev–Trinajstić information content (AvgIpc) is 2.41. The molecule has 0 saturated carbocycles. The first-order chi connectivity index (χ1) is 9.95. The second kappa shape index (κ2) is 6.04. The summed E-state index contributed by atoms with van der Waals surface area (Å²) in [5.74, 6) is -1.55. The van der Waals surface area contributed by atoms with Gasteiger partial charge in [-0.15, -0.1) is 0 Å². The Labute approximate surface area is 120 Å². The lowest BCUT2D eigenvalue weighted by Gasteiger charge is -2.08. The lowest BCUT2D eigenvalue weighted by Crippen LogP contribution is -2.27. The summed E-state index contributed by atoms with van der Waals surface area (Å²) < 4.78 is 1.06. The Morgan fingerprint density at radius 2 is 2.00 bits per heavy atom. The van der Waals surface area contributed by atoms with Gasteiger partial charge in [-0.25, -0.2) is 4.79 Å². The van der Waals surface area contributed by atoms with Crippen LogP contribution >= 0.6 is 0 Å². The number of aromatic nitrogens is 1. The number of aromatic carboxylic acids is 1. The number of rotatable bonds is 4. The quantitative estimate of drug-likeness (QED) is 0.891. The van der Waals surface area contributed by atoms with E-state index < -0.39 is 17.4 Å². The van der Waals surface area contributed by atoms with Crippen molar-refractivity contribution in [3.8, 4) is 0 Å². The first kappa shape index (κ1) is 14.5. The lowest BCUT2D eigenvalue weighted by molar-refractivity contribution is -0.116. The maximum absolute atomic E-state index is 11.9. The van der Waals surface area contributed by atoms with Gasteiger partial charge < -0.3 is 15.0 Å². The molecule has 2 aromatic rings. The van der Waals surface area contributed by atoms with E-state index in [4.69, 9.17) is 5.11 Å². The molecule has 1 heterocycles. The first-order valence-electron chi connectivity index (χ1n) is 6.26. The van der Waals surface area contributed by atoms with Crippen molar-refractivity contribution in [2.24, 2.45) is 0 Å². The van der Waals surface area contributed by atoms with Crippen molar-refractivity contribution in [1.29, 1.82) is 0 Å². The highest BCUT2D eigenvalue weighted by atomic mass is 16.4. The normalized spacial score (nSPS) is 10.1. The smallest absolute Gasteiger partial charge is 0.337 e. The van der Waals surface area contributed by atoms with E-state index >= 15 is 0 Å². The minimum absolute atomic E-state index is 0.0436. The maximum atomic E-state index is 11.9. The number of nitrogens with one attached hydrogen (secondary N) is 1. The second-order valence-corrected chi connectivity index (χ2v) is 4.61. The van der Waals surface area contributed by atoms with Gasteiger partial charge in [-0.05, 0) is 30.7 Å². The van der Waals surface area contributed by atoms with E-state index in [0.29, 0.717) is 5.69 Å². The molecular weight excluding hydrogens is 272 g/mol. The van der Waals surface area contributed by atoms with Crippen LogP contribution in [-0.2, 0) is 11.3 Å². The topological polar surface area (TPSA) is 88.4 Å². The van der Waals surface area contributed by atoms with Gasteiger partial charge in [0.15, 0.2) is 0 Å². The zero-order valence-corrected chi connectivity index (χ0v) is 11.4. The number of carbonyl (C=O) groups excluding carboxylic acids is 1. The standard InChI is InChI=1S/C15H14N2O4/c1-10-3-2-4-12(7-10)16-13(18)9-17-8-11(15(20)21)5-6-14(17)19/h2-8H,9H2,1H3,(H,16,18)(H,20,21). The summed E-state index contributed by atoms with van der Waals surface area (Å²) >= 11 is 0. The molecular formula is C15H14N2O4. The van der Waals surface area contributed by atoms with Crippen LogP contribution in [0.25, 0.3) is 0 Å². The lowest BCUT2D eigenvalue weighted by atomic mass is 10.2. The maximum Gasteiger partial charge on any atom is 0.337 e. The first-order valence-corrected chi connectivity index (χ1v) is 6.26. The fourth-order valence-corrected chi connectivity index (χ4v) is 1.86. The number of pyridine rings is 1. The number of hydrogen-bond donors (Lipinski definition) is 2. The van der Waals surface area contributed by atoms with Crippen molar-refractivity contribution in [3.63, 3.8) is 0 Å². The molecule has 0 unspecified atom stereocenters. The summed E-state index contributed by atoms with van der Waals surface area (Å²) in [6.45, 7) is 1.66. The molecule has 0 aliphatic rings. The molecule has 0 saturated heterocycles. The van der Waals surface area contributed by atoms with Gasteiger partial charge in [0, 0.05) is 18.0 Å². The zero-order valence-electron chi connectivity index (χ0n) is 11.4. The molecule has 2 rings (SSSR count). The summed E-state index contributed by atoms with van der Waals surface area (Å²) in [7, 11) is 0. The number of hydrogen-bond acceptors (Lipinski definition) is 3. The van der Waals surface area contributed by atoms with E-state index in [1.807, 2.05) is 19.1 Å². The Bertz CT molecular complexity index is 749. The molecule has 0 bridgehead atoms. The number of benzene rings is 1. The molecule has 0 aliphatic heterocycles. The Morgan fingerprint density at radius 1 is 1.24 bits per heavy atom. The SMILES string of the molecule is Cc1cccc(NC(=O)Cn2cc(C(=O)O)ccc2=O)c1. The van der Waals surface area contributed by atoms with E-state index in [0.717, 1.165) is 22.4 Å². The number of carboxylic acids is 1. The Hall–Kier alpha value is -2.89. The third-order valence-electron chi connectivity index (χ3n) is 2.85. The van der Waals surface area contributed by atoms with Crippen LogP contribution in [0.2, 0.25) is 0 Å². The molecule has 2 N–H and O–H groups in total. The summed E-state index contributed by atoms with van der Waals surface area (Å²) in [4.78, 5) is 34.4. The largest absolute Gasteiger partial charge is 0.478 e. The molecule has 108 valence electrons. The third-order valence-corrected chi connectivity index (χ3v) is 2.85. The number of anilines is 1. The average molecular weight is 286 g/mol. The van der Waals surface area contributed by atoms with E-state index in [1.165, 1.54) is 6.07 Å². The van der Waals surface area contributed by atoms with E-state index in [1.54, 1.807) is 12.1 Å². The molecule has 0 aliphatic carbocycles. The molecule has 0 radical (unpaired) electrons. The van der Waals surface area contributed by atoms with Crippen molar-refractivity contribution in [1.82, 2.24) is 4.57 Å². The molecule has 0 fully saturated rings. The second-order valence-electron chi connectivity index (χ2n) is 4.61. The summed E-state index contributed by atoms with van der Waals surface area (Å²) in [6.07, 6.45) is 1.15. The predicted molar refractivity (Wildman–Crippen MR) is 77.5 cm³/mol. The van der Waals surface area contributed by atoms with Gasteiger partial charge in [0.05, 0.1) is 5.56 Å².